The van der Waals surface area contributed by atoms with E-state index in [1.165, 1.54) is 6.08 Å². The second-order valence-corrected chi connectivity index (χ2v) is 3.67. The number of aliphatic carboxylic acids is 1. The Labute approximate surface area is 81.7 Å². The van der Waals surface area contributed by atoms with Crippen LogP contribution in [-0.2, 0) is 4.79 Å². The number of carboxylic acids is 1. The molecule has 2 unspecified atom stereocenters. The number of nitrogens with zero attached hydrogens (tertiary/aromatic N) is 1. The van der Waals surface area contributed by atoms with E-state index in [1.54, 1.807) is 6.33 Å². The molecule has 4 nitrogen and oxygen atoms in total. The van der Waals surface area contributed by atoms with Gasteiger partial charge in [0.2, 0.25) is 0 Å². The summed E-state index contributed by atoms with van der Waals surface area (Å²) in [7, 11) is 0. The van der Waals surface area contributed by atoms with Crippen LogP contribution in [0.25, 0.3) is 0 Å². The van der Waals surface area contributed by atoms with Crippen molar-refractivity contribution in [2.24, 2.45) is 5.92 Å². The SMILES string of the molecule is C/C(=C\C(=O)O)C1CC1c1c[nH]cn1. The Balaban J connectivity index is 2.03. The quantitative estimate of drug-likeness (QED) is 0.714. The second-order valence-electron chi connectivity index (χ2n) is 3.67. The van der Waals surface area contributed by atoms with Crippen molar-refractivity contribution < 1.29 is 9.90 Å². The summed E-state index contributed by atoms with van der Waals surface area (Å²) in [5.74, 6) is -0.0820. The Morgan fingerprint density at radius 3 is 3.14 bits per heavy atom. The molecule has 0 saturated heterocycles. The molecule has 2 atom stereocenters. The van der Waals surface area contributed by atoms with Crippen LogP contribution in [-0.4, -0.2) is 21.0 Å². The zero-order chi connectivity index (χ0) is 10.1. The molecule has 0 radical (unpaired) electrons. The molecule has 1 saturated carbocycles. The lowest BCUT2D eigenvalue weighted by Gasteiger charge is -1.96. The van der Waals surface area contributed by atoms with E-state index in [9.17, 15) is 4.79 Å². The van der Waals surface area contributed by atoms with Gasteiger partial charge in [0.1, 0.15) is 0 Å². The summed E-state index contributed by atoms with van der Waals surface area (Å²) in [6.45, 7) is 1.87. The van der Waals surface area contributed by atoms with E-state index in [2.05, 4.69) is 9.97 Å². The third-order valence-electron chi connectivity index (χ3n) is 2.63. The fraction of sp³-hybridized carbons (Fsp3) is 0.400. The van der Waals surface area contributed by atoms with Crippen LogP contribution >= 0.6 is 0 Å². The minimum atomic E-state index is -0.866. The van der Waals surface area contributed by atoms with Crippen LogP contribution in [0.3, 0.4) is 0 Å². The summed E-state index contributed by atoms with van der Waals surface area (Å²) in [6.07, 6.45) is 5.83. The summed E-state index contributed by atoms with van der Waals surface area (Å²) in [5.41, 5.74) is 1.97. The number of allylic oxidation sites excluding steroid dienone is 1. The molecule has 1 aromatic heterocycles. The third-order valence-corrected chi connectivity index (χ3v) is 2.63. The lowest BCUT2D eigenvalue weighted by Crippen LogP contribution is -1.92. The predicted molar refractivity (Wildman–Crippen MR) is 50.8 cm³/mol. The summed E-state index contributed by atoms with van der Waals surface area (Å²) in [4.78, 5) is 17.5. The van der Waals surface area contributed by atoms with Gasteiger partial charge in [0, 0.05) is 18.2 Å². The molecule has 1 heterocycles. The van der Waals surface area contributed by atoms with Crippen molar-refractivity contribution in [1.29, 1.82) is 0 Å². The molecule has 0 spiro atoms. The molecule has 1 fully saturated rings. The van der Waals surface area contributed by atoms with Gasteiger partial charge in [0.25, 0.3) is 0 Å². The Hall–Kier alpha value is -1.58. The molecule has 0 bridgehead atoms. The molecule has 0 aromatic carbocycles. The summed E-state index contributed by atoms with van der Waals surface area (Å²) >= 11 is 0. The Kier molecular flexibility index (Phi) is 2.11. The number of rotatable bonds is 3. The zero-order valence-corrected chi connectivity index (χ0v) is 7.90. The van der Waals surface area contributed by atoms with E-state index in [0.29, 0.717) is 11.8 Å². The molecule has 0 aliphatic heterocycles. The highest BCUT2D eigenvalue weighted by Crippen LogP contribution is 2.50. The van der Waals surface area contributed by atoms with Gasteiger partial charge < -0.3 is 10.1 Å². The number of imidazole rings is 1. The van der Waals surface area contributed by atoms with E-state index in [0.717, 1.165) is 17.7 Å². The van der Waals surface area contributed by atoms with Crippen molar-refractivity contribution in [3.8, 4) is 0 Å². The maximum atomic E-state index is 10.4. The number of nitrogens with one attached hydrogen (secondary N) is 1. The maximum Gasteiger partial charge on any atom is 0.328 e. The molecule has 2 N–H and O–H groups in total. The van der Waals surface area contributed by atoms with E-state index >= 15 is 0 Å². The van der Waals surface area contributed by atoms with Gasteiger partial charge in [0.15, 0.2) is 0 Å². The number of H-pyrrole nitrogens is 1. The maximum absolute atomic E-state index is 10.4. The van der Waals surface area contributed by atoms with Gasteiger partial charge in [-0.25, -0.2) is 9.78 Å². The first-order valence-corrected chi connectivity index (χ1v) is 4.58. The molecule has 0 amide bonds. The molecule has 1 aliphatic rings. The average Bonchev–Trinajstić information content (AvgIpc) is 2.73. The minimum Gasteiger partial charge on any atom is -0.478 e. The molecule has 74 valence electrons. The highest BCUT2D eigenvalue weighted by atomic mass is 16.4. The van der Waals surface area contributed by atoms with Gasteiger partial charge in [-0.05, 0) is 19.3 Å². The van der Waals surface area contributed by atoms with Crippen LogP contribution in [0, 0.1) is 5.92 Å². The summed E-state index contributed by atoms with van der Waals surface area (Å²) < 4.78 is 0. The Bertz CT molecular complexity index is 367. The number of hydrogen-bond acceptors (Lipinski definition) is 2. The van der Waals surface area contributed by atoms with Crippen LogP contribution in [0.5, 0.6) is 0 Å². The van der Waals surface area contributed by atoms with Crippen LogP contribution in [0.4, 0.5) is 0 Å². The first-order valence-electron chi connectivity index (χ1n) is 4.58. The first-order chi connectivity index (χ1) is 6.68. The van der Waals surface area contributed by atoms with Crippen molar-refractivity contribution in [2.75, 3.05) is 0 Å². The fourth-order valence-corrected chi connectivity index (χ4v) is 1.80. The minimum absolute atomic E-state index is 0.370. The van der Waals surface area contributed by atoms with Crippen molar-refractivity contribution in [1.82, 2.24) is 9.97 Å². The predicted octanol–water partition coefficient (Wildman–Crippen LogP) is 1.54. The number of carboxylic acid groups (broad SMARTS) is 1. The van der Waals surface area contributed by atoms with Crippen molar-refractivity contribution in [3.63, 3.8) is 0 Å². The topological polar surface area (TPSA) is 66.0 Å². The van der Waals surface area contributed by atoms with Crippen LogP contribution in [0.15, 0.2) is 24.2 Å². The van der Waals surface area contributed by atoms with Gasteiger partial charge in [-0.3, -0.25) is 0 Å². The van der Waals surface area contributed by atoms with E-state index in [4.69, 9.17) is 5.11 Å². The van der Waals surface area contributed by atoms with Gasteiger partial charge in [-0.2, -0.15) is 0 Å². The fourth-order valence-electron chi connectivity index (χ4n) is 1.80. The highest BCUT2D eigenvalue weighted by Gasteiger charge is 2.40. The normalized spacial score (nSPS) is 26.2. The summed E-state index contributed by atoms with van der Waals surface area (Å²) in [5, 5.41) is 8.58. The van der Waals surface area contributed by atoms with Crippen LogP contribution in [0.1, 0.15) is 25.0 Å². The molecule has 1 aliphatic carbocycles. The van der Waals surface area contributed by atoms with Crippen molar-refractivity contribution in [3.05, 3.63) is 29.9 Å². The van der Waals surface area contributed by atoms with Gasteiger partial charge in [-0.15, -0.1) is 0 Å². The monoisotopic (exact) mass is 192 g/mol. The standard InChI is InChI=1S/C10H12N2O2/c1-6(2-10(13)14)7-3-8(7)9-4-11-5-12-9/h2,4-5,7-8H,3H2,1H3,(H,11,12)(H,13,14)/b6-2+. The van der Waals surface area contributed by atoms with Crippen LogP contribution in [0.2, 0.25) is 0 Å². The van der Waals surface area contributed by atoms with Crippen molar-refractivity contribution >= 4 is 5.97 Å². The van der Waals surface area contributed by atoms with Gasteiger partial charge in [0.05, 0.1) is 12.0 Å². The molecular weight excluding hydrogens is 180 g/mol. The third kappa shape index (κ3) is 1.69. The van der Waals surface area contributed by atoms with Crippen molar-refractivity contribution in [2.45, 2.75) is 19.3 Å². The van der Waals surface area contributed by atoms with Crippen LogP contribution < -0.4 is 0 Å². The number of aromatic amines is 1. The van der Waals surface area contributed by atoms with E-state index in [-0.39, 0.29) is 0 Å². The smallest absolute Gasteiger partial charge is 0.328 e. The van der Waals surface area contributed by atoms with E-state index < -0.39 is 5.97 Å². The number of aromatic nitrogens is 2. The molecular formula is C10H12N2O2. The lowest BCUT2D eigenvalue weighted by atomic mass is 10.1. The average molecular weight is 192 g/mol. The largest absolute Gasteiger partial charge is 0.478 e. The molecule has 1 aromatic rings. The number of carbonyl (C=O) groups is 1. The van der Waals surface area contributed by atoms with Gasteiger partial charge in [-0.1, -0.05) is 5.57 Å². The highest BCUT2D eigenvalue weighted by molar-refractivity contribution is 5.80. The van der Waals surface area contributed by atoms with E-state index in [1.807, 2.05) is 13.1 Å². The Morgan fingerprint density at radius 2 is 2.57 bits per heavy atom. The second kappa shape index (κ2) is 3.29. The molecule has 14 heavy (non-hydrogen) atoms. The molecule has 4 heteroatoms. The zero-order valence-electron chi connectivity index (χ0n) is 7.90. The summed E-state index contributed by atoms with van der Waals surface area (Å²) in [6, 6.07) is 0. The first kappa shape index (κ1) is 8.99. The lowest BCUT2D eigenvalue weighted by molar-refractivity contribution is -0.131. The Morgan fingerprint density at radius 1 is 1.79 bits per heavy atom. The van der Waals surface area contributed by atoms with Gasteiger partial charge >= 0.3 is 5.97 Å². The molecule has 2 rings (SSSR count). The number of hydrogen-bond donors (Lipinski definition) is 2.